The van der Waals surface area contributed by atoms with Gasteiger partial charge in [0.1, 0.15) is 10.8 Å². The minimum Gasteiger partial charge on any atom is -0.463 e. The molecular formula is C17H17ClN4O4. The van der Waals surface area contributed by atoms with Gasteiger partial charge in [-0.05, 0) is 32.4 Å². The Bertz CT molecular complexity index is 1010. The molecule has 8 nitrogen and oxygen atoms in total. The second-order valence-corrected chi connectivity index (χ2v) is 6.15. The van der Waals surface area contributed by atoms with Crippen LogP contribution in [0.15, 0.2) is 34.4 Å². The molecule has 2 aromatic heterocycles. The molecule has 1 unspecified atom stereocenters. The molecule has 0 aromatic carbocycles. The number of ether oxygens (including phenoxy) is 1. The summed E-state index contributed by atoms with van der Waals surface area (Å²) in [7, 11) is 0. The number of rotatable bonds is 3. The van der Waals surface area contributed by atoms with Crippen LogP contribution >= 0.6 is 11.6 Å². The average Bonchev–Trinajstić information content (AvgIpc) is 2.55. The first-order valence-electron chi connectivity index (χ1n) is 7.98. The van der Waals surface area contributed by atoms with Crippen LogP contribution in [0, 0.1) is 6.92 Å². The van der Waals surface area contributed by atoms with Crippen molar-refractivity contribution < 1.29 is 14.3 Å². The molecule has 0 radical (unpaired) electrons. The van der Waals surface area contributed by atoms with E-state index in [0.717, 1.165) is 5.56 Å². The molecule has 9 heteroatoms. The lowest BCUT2D eigenvalue weighted by molar-refractivity contribution is -0.139. The minimum atomic E-state index is -1.06. The van der Waals surface area contributed by atoms with Crippen LogP contribution in [0.25, 0.3) is 5.65 Å². The number of aromatic nitrogens is 2. The van der Waals surface area contributed by atoms with Gasteiger partial charge in [0, 0.05) is 11.9 Å². The van der Waals surface area contributed by atoms with Crippen molar-refractivity contribution in [3.8, 4) is 0 Å². The highest BCUT2D eigenvalue weighted by atomic mass is 35.5. The van der Waals surface area contributed by atoms with Gasteiger partial charge in [0.15, 0.2) is 0 Å². The molecule has 0 saturated carbocycles. The van der Waals surface area contributed by atoms with Gasteiger partial charge in [-0.3, -0.25) is 9.20 Å². The summed E-state index contributed by atoms with van der Waals surface area (Å²) < 4.78 is 6.40. The van der Waals surface area contributed by atoms with E-state index in [2.05, 4.69) is 15.6 Å². The largest absolute Gasteiger partial charge is 0.463 e. The number of nitrogens with zero attached hydrogens (tertiary/aromatic N) is 2. The fourth-order valence-electron chi connectivity index (χ4n) is 2.92. The van der Waals surface area contributed by atoms with E-state index in [0.29, 0.717) is 11.3 Å². The van der Waals surface area contributed by atoms with E-state index < -0.39 is 23.6 Å². The highest BCUT2D eigenvalue weighted by Gasteiger charge is 2.36. The molecule has 2 aromatic rings. The molecule has 3 heterocycles. The number of halogens is 1. The third-order valence-electron chi connectivity index (χ3n) is 4.09. The van der Waals surface area contributed by atoms with Crippen LogP contribution in [0.3, 0.4) is 0 Å². The van der Waals surface area contributed by atoms with Crippen LogP contribution in [0.4, 0.5) is 4.79 Å². The fraction of sp³-hybridized carbons (Fsp3) is 0.294. The lowest BCUT2D eigenvalue weighted by atomic mass is 9.97. The zero-order valence-electron chi connectivity index (χ0n) is 14.4. The topological polar surface area (TPSA) is 102 Å². The average molecular weight is 377 g/mol. The van der Waals surface area contributed by atoms with E-state index in [1.807, 2.05) is 0 Å². The third kappa shape index (κ3) is 2.92. The van der Waals surface area contributed by atoms with E-state index >= 15 is 0 Å². The summed E-state index contributed by atoms with van der Waals surface area (Å²) in [6.07, 6.45) is 1.56. The predicted octanol–water partition coefficient (Wildman–Crippen LogP) is 1.85. The van der Waals surface area contributed by atoms with Gasteiger partial charge in [0.25, 0.3) is 5.56 Å². The molecule has 2 N–H and O–H groups in total. The Kier molecular flexibility index (Phi) is 4.69. The number of hydrogen-bond donors (Lipinski definition) is 2. The number of carbonyl (C=O) groups is 2. The first-order valence-corrected chi connectivity index (χ1v) is 8.35. The van der Waals surface area contributed by atoms with Gasteiger partial charge in [-0.25, -0.2) is 14.6 Å². The van der Waals surface area contributed by atoms with Crippen LogP contribution < -0.4 is 16.2 Å². The van der Waals surface area contributed by atoms with Crippen molar-refractivity contribution in [2.75, 3.05) is 6.61 Å². The van der Waals surface area contributed by atoms with E-state index in [1.165, 1.54) is 4.40 Å². The van der Waals surface area contributed by atoms with Gasteiger partial charge >= 0.3 is 12.0 Å². The fourth-order valence-corrected chi connectivity index (χ4v) is 3.19. The summed E-state index contributed by atoms with van der Waals surface area (Å²) in [4.78, 5) is 41.7. The predicted molar refractivity (Wildman–Crippen MR) is 95.0 cm³/mol. The third-order valence-corrected chi connectivity index (χ3v) is 4.38. The lowest BCUT2D eigenvalue weighted by Crippen LogP contribution is -2.47. The smallest absolute Gasteiger partial charge is 0.338 e. The molecule has 1 aliphatic heterocycles. The number of amides is 2. The molecule has 1 atom stereocenters. The van der Waals surface area contributed by atoms with Gasteiger partial charge in [0.05, 0.1) is 23.8 Å². The zero-order valence-corrected chi connectivity index (χ0v) is 15.2. The quantitative estimate of drug-likeness (QED) is 0.628. The van der Waals surface area contributed by atoms with E-state index in [-0.39, 0.29) is 22.9 Å². The summed E-state index contributed by atoms with van der Waals surface area (Å²) in [5.74, 6) is -0.646. The van der Waals surface area contributed by atoms with Crippen molar-refractivity contribution in [3.63, 3.8) is 0 Å². The summed E-state index contributed by atoms with van der Waals surface area (Å²) in [6, 6.07) is 1.90. The van der Waals surface area contributed by atoms with Crippen LogP contribution in [0.2, 0.25) is 5.15 Å². The number of nitrogens with one attached hydrogen (secondary N) is 2. The van der Waals surface area contributed by atoms with Crippen LogP contribution in [0.1, 0.15) is 31.0 Å². The second kappa shape index (κ2) is 6.80. The molecule has 0 spiro atoms. The molecule has 0 saturated heterocycles. The highest BCUT2D eigenvalue weighted by Crippen LogP contribution is 2.29. The number of esters is 1. The highest BCUT2D eigenvalue weighted by molar-refractivity contribution is 6.30. The number of aryl methyl sites for hydroxylation is 1. The zero-order chi connectivity index (χ0) is 19.0. The number of urea groups is 1. The van der Waals surface area contributed by atoms with Gasteiger partial charge in [-0.1, -0.05) is 17.7 Å². The van der Waals surface area contributed by atoms with Crippen molar-refractivity contribution >= 4 is 29.2 Å². The molecule has 0 fully saturated rings. The second-order valence-electron chi connectivity index (χ2n) is 5.80. The molecule has 1 aliphatic rings. The molecule has 26 heavy (non-hydrogen) atoms. The van der Waals surface area contributed by atoms with E-state index in [4.69, 9.17) is 16.3 Å². The maximum absolute atomic E-state index is 13.0. The number of hydrogen-bond acceptors (Lipinski definition) is 5. The van der Waals surface area contributed by atoms with Gasteiger partial charge in [0.2, 0.25) is 0 Å². The molecular weight excluding hydrogens is 360 g/mol. The summed E-state index contributed by atoms with van der Waals surface area (Å²) >= 11 is 6.29. The number of pyridine rings is 1. The van der Waals surface area contributed by atoms with Crippen molar-refractivity contribution in [1.29, 1.82) is 0 Å². The van der Waals surface area contributed by atoms with Crippen molar-refractivity contribution in [2.45, 2.75) is 26.8 Å². The monoisotopic (exact) mass is 376 g/mol. The number of fused-ring (bicyclic) bond motifs is 1. The van der Waals surface area contributed by atoms with Gasteiger partial charge < -0.3 is 15.4 Å². The first-order chi connectivity index (χ1) is 12.3. The van der Waals surface area contributed by atoms with Crippen LogP contribution in [-0.2, 0) is 9.53 Å². The van der Waals surface area contributed by atoms with Crippen molar-refractivity contribution in [3.05, 3.63) is 56.2 Å². The summed E-state index contributed by atoms with van der Waals surface area (Å²) in [5, 5.41) is 5.00. The summed E-state index contributed by atoms with van der Waals surface area (Å²) in [6.45, 7) is 5.18. The minimum absolute atomic E-state index is 0.00650. The van der Waals surface area contributed by atoms with E-state index in [1.54, 1.807) is 39.1 Å². The Balaban J connectivity index is 2.27. The Morgan fingerprint density at radius 2 is 2.12 bits per heavy atom. The number of carbonyl (C=O) groups excluding carboxylic acids is 2. The van der Waals surface area contributed by atoms with Crippen LogP contribution in [0.5, 0.6) is 0 Å². The Morgan fingerprint density at radius 1 is 1.38 bits per heavy atom. The maximum Gasteiger partial charge on any atom is 0.338 e. The van der Waals surface area contributed by atoms with Gasteiger partial charge in [-0.15, -0.1) is 0 Å². The maximum atomic E-state index is 13.0. The Hall–Kier alpha value is -2.87. The first kappa shape index (κ1) is 17.9. The van der Waals surface area contributed by atoms with E-state index in [9.17, 15) is 14.4 Å². The molecule has 136 valence electrons. The Labute approximate surface area is 153 Å². The lowest BCUT2D eigenvalue weighted by Gasteiger charge is -2.28. The molecule has 0 aliphatic carbocycles. The van der Waals surface area contributed by atoms with Gasteiger partial charge in [-0.2, -0.15) is 0 Å². The molecule has 2 amide bonds. The SMILES string of the molecule is CCOC(=O)C1=C(C)NC(=O)NC1c1c(Cl)nc2c(C)cccn2c1=O. The standard InChI is InChI=1S/C17H17ClN4O4/c1-4-26-16(24)10-9(3)19-17(25)20-12(10)11-13(18)21-14-8(2)6-5-7-22(14)15(11)23/h5-7,12H,4H2,1-3H3,(H2,19,20,25). The Morgan fingerprint density at radius 3 is 2.81 bits per heavy atom. The number of allylic oxidation sites excluding steroid dienone is 1. The summed E-state index contributed by atoms with van der Waals surface area (Å²) in [5.41, 5.74) is 1.12. The molecule has 0 bridgehead atoms. The van der Waals surface area contributed by atoms with Crippen LogP contribution in [-0.4, -0.2) is 28.0 Å². The van der Waals surface area contributed by atoms with Crippen molar-refractivity contribution in [1.82, 2.24) is 20.0 Å². The molecule has 3 rings (SSSR count). The van der Waals surface area contributed by atoms with Crippen molar-refractivity contribution in [2.24, 2.45) is 0 Å². The normalized spacial score (nSPS) is 17.1.